The highest BCUT2D eigenvalue weighted by molar-refractivity contribution is 6.36. The zero-order valence-electron chi connectivity index (χ0n) is 17.1. The minimum absolute atomic E-state index is 0.124. The van der Waals surface area contributed by atoms with Crippen LogP contribution in [0.3, 0.4) is 0 Å². The summed E-state index contributed by atoms with van der Waals surface area (Å²) < 4.78 is 5.39. The Bertz CT molecular complexity index is 1170. The van der Waals surface area contributed by atoms with E-state index >= 15 is 0 Å². The summed E-state index contributed by atoms with van der Waals surface area (Å²) in [6.07, 6.45) is 3.28. The number of anilines is 1. The number of benzene rings is 2. The van der Waals surface area contributed by atoms with Crippen LogP contribution >= 0.6 is 11.6 Å². The standard InChI is InChI=1S/C24H20ClN3O3/c1-15-5-7-17(8-6-15)21-22(27-19-12-18(25)9-10-20(19)31-2)24(30)28(23(21)29)14-16-4-3-11-26-13-16/h3-13,27H,14H2,1-2H3. The highest BCUT2D eigenvalue weighted by atomic mass is 35.5. The quantitative estimate of drug-likeness (QED) is 0.582. The van der Waals surface area contributed by atoms with Crippen molar-refractivity contribution in [2.24, 2.45) is 0 Å². The van der Waals surface area contributed by atoms with E-state index < -0.39 is 5.91 Å². The second-order valence-electron chi connectivity index (χ2n) is 7.14. The molecular weight excluding hydrogens is 414 g/mol. The van der Waals surface area contributed by atoms with Crippen LogP contribution in [0.5, 0.6) is 5.75 Å². The number of imide groups is 1. The molecule has 1 aliphatic rings. The van der Waals surface area contributed by atoms with Crippen molar-refractivity contribution in [3.05, 3.63) is 94.4 Å². The van der Waals surface area contributed by atoms with Crippen LogP contribution < -0.4 is 10.1 Å². The molecule has 0 unspecified atom stereocenters. The number of carbonyl (C=O) groups excluding carboxylic acids is 2. The number of halogens is 1. The Kier molecular flexibility index (Phi) is 5.73. The van der Waals surface area contributed by atoms with Gasteiger partial charge in [-0.25, -0.2) is 0 Å². The van der Waals surface area contributed by atoms with Gasteiger partial charge in [-0.15, -0.1) is 0 Å². The zero-order valence-corrected chi connectivity index (χ0v) is 17.8. The van der Waals surface area contributed by atoms with Crippen LogP contribution in [0.25, 0.3) is 5.57 Å². The van der Waals surface area contributed by atoms with Gasteiger partial charge in [0.1, 0.15) is 11.4 Å². The van der Waals surface area contributed by atoms with Crippen LogP contribution in [-0.4, -0.2) is 28.8 Å². The molecule has 6 nitrogen and oxygen atoms in total. The first kappa shape index (κ1) is 20.6. The van der Waals surface area contributed by atoms with E-state index in [0.29, 0.717) is 27.6 Å². The fourth-order valence-electron chi connectivity index (χ4n) is 3.41. The van der Waals surface area contributed by atoms with E-state index in [2.05, 4.69) is 10.3 Å². The third-order valence-electron chi connectivity index (χ3n) is 4.99. The monoisotopic (exact) mass is 433 g/mol. The van der Waals surface area contributed by atoms with Gasteiger partial charge in [-0.05, 0) is 42.3 Å². The number of rotatable bonds is 6. The molecule has 0 aliphatic carbocycles. The highest BCUT2D eigenvalue weighted by Crippen LogP contribution is 2.35. The normalized spacial score (nSPS) is 13.7. The molecule has 1 aromatic heterocycles. The van der Waals surface area contributed by atoms with Gasteiger partial charge in [0.25, 0.3) is 11.8 Å². The van der Waals surface area contributed by atoms with E-state index in [1.54, 1.807) is 36.7 Å². The predicted octanol–water partition coefficient (Wildman–Crippen LogP) is 4.44. The molecular formula is C24H20ClN3O3. The van der Waals surface area contributed by atoms with E-state index in [1.807, 2.05) is 37.3 Å². The second kappa shape index (κ2) is 8.62. The van der Waals surface area contributed by atoms with Crippen molar-refractivity contribution in [1.82, 2.24) is 9.88 Å². The van der Waals surface area contributed by atoms with Gasteiger partial charge in [-0.1, -0.05) is 47.5 Å². The first-order valence-corrected chi connectivity index (χ1v) is 10.0. The molecule has 0 saturated carbocycles. The maximum atomic E-state index is 13.4. The topological polar surface area (TPSA) is 71.5 Å². The average molecular weight is 434 g/mol. The predicted molar refractivity (Wildman–Crippen MR) is 120 cm³/mol. The molecule has 3 aromatic rings. The van der Waals surface area contributed by atoms with Crippen molar-refractivity contribution in [1.29, 1.82) is 0 Å². The third kappa shape index (κ3) is 4.15. The van der Waals surface area contributed by atoms with Crippen molar-refractivity contribution >= 4 is 34.7 Å². The fraction of sp³-hybridized carbons (Fsp3) is 0.125. The minimum atomic E-state index is -0.425. The molecule has 0 spiro atoms. The lowest BCUT2D eigenvalue weighted by Gasteiger charge is -2.16. The molecule has 1 aliphatic heterocycles. The van der Waals surface area contributed by atoms with Gasteiger partial charge < -0.3 is 10.1 Å². The van der Waals surface area contributed by atoms with Gasteiger partial charge in [0.15, 0.2) is 0 Å². The Morgan fingerprint density at radius 3 is 2.52 bits per heavy atom. The number of nitrogens with one attached hydrogen (secondary N) is 1. The smallest absolute Gasteiger partial charge is 0.278 e. The van der Waals surface area contributed by atoms with E-state index in [1.165, 1.54) is 12.0 Å². The van der Waals surface area contributed by atoms with Crippen LogP contribution in [0.1, 0.15) is 16.7 Å². The molecule has 0 bridgehead atoms. The number of methoxy groups -OCH3 is 1. The molecule has 4 rings (SSSR count). The molecule has 0 fully saturated rings. The van der Waals surface area contributed by atoms with E-state index in [-0.39, 0.29) is 18.1 Å². The largest absolute Gasteiger partial charge is 0.495 e. The SMILES string of the molecule is COc1ccc(Cl)cc1NC1=C(c2ccc(C)cc2)C(=O)N(Cc2cccnc2)C1=O. The number of ether oxygens (including phenoxy) is 1. The summed E-state index contributed by atoms with van der Waals surface area (Å²) in [4.78, 5) is 32.0. The summed E-state index contributed by atoms with van der Waals surface area (Å²) >= 11 is 6.15. The highest BCUT2D eigenvalue weighted by Gasteiger charge is 2.39. The van der Waals surface area contributed by atoms with Gasteiger partial charge in [0.2, 0.25) is 0 Å². The summed E-state index contributed by atoms with van der Waals surface area (Å²) in [5.74, 6) is -0.293. The minimum Gasteiger partial charge on any atom is -0.495 e. The molecule has 31 heavy (non-hydrogen) atoms. The molecule has 7 heteroatoms. The number of nitrogens with zero attached hydrogens (tertiary/aromatic N) is 2. The molecule has 2 amide bonds. The fourth-order valence-corrected chi connectivity index (χ4v) is 3.58. The average Bonchev–Trinajstić information content (AvgIpc) is 3.00. The Balaban J connectivity index is 1.78. The second-order valence-corrected chi connectivity index (χ2v) is 7.58. The molecule has 156 valence electrons. The Morgan fingerprint density at radius 2 is 1.84 bits per heavy atom. The zero-order chi connectivity index (χ0) is 22.0. The van der Waals surface area contributed by atoms with Crippen LogP contribution in [0.15, 0.2) is 72.7 Å². The first-order chi connectivity index (χ1) is 15.0. The summed E-state index contributed by atoms with van der Waals surface area (Å²) in [6.45, 7) is 2.09. The lowest BCUT2D eigenvalue weighted by Crippen LogP contribution is -2.32. The van der Waals surface area contributed by atoms with Gasteiger partial charge >= 0.3 is 0 Å². The van der Waals surface area contributed by atoms with Gasteiger partial charge in [-0.3, -0.25) is 19.5 Å². The number of hydrogen-bond acceptors (Lipinski definition) is 5. The maximum Gasteiger partial charge on any atom is 0.278 e. The number of aromatic nitrogens is 1. The molecule has 0 radical (unpaired) electrons. The number of hydrogen-bond donors (Lipinski definition) is 1. The summed E-state index contributed by atoms with van der Waals surface area (Å²) in [5.41, 5.74) is 3.45. The lowest BCUT2D eigenvalue weighted by molar-refractivity contribution is -0.137. The van der Waals surface area contributed by atoms with E-state index in [4.69, 9.17) is 16.3 Å². The third-order valence-corrected chi connectivity index (χ3v) is 5.23. The van der Waals surface area contributed by atoms with Crippen LogP contribution in [0.2, 0.25) is 5.02 Å². The van der Waals surface area contributed by atoms with Crippen LogP contribution in [-0.2, 0) is 16.1 Å². The summed E-state index contributed by atoms with van der Waals surface area (Å²) in [5, 5.41) is 3.58. The molecule has 2 aromatic carbocycles. The molecule has 0 atom stereocenters. The first-order valence-electron chi connectivity index (χ1n) is 9.65. The Hall–Kier alpha value is -3.64. The van der Waals surface area contributed by atoms with Gasteiger partial charge in [-0.2, -0.15) is 0 Å². The number of aryl methyl sites for hydroxylation is 1. The summed E-state index contributed by atoms with van der Waals surface area (Å²) in [6, 6.07) is 16.1. The van der Waals surface area contributed by atoms with Gasteiger partial charge in [0.05, 0.1) is 24.9 Å². The Labute approximate surface area is 185 Å². The van der Waals surface area contributed by atoms with E-state index in [9.17, 15) is 9.59 Å². The van der Waals surface area contributed by atoms with Crippen molar-refractivity contribution < 1.29 is 14.3 Å². The van der Waals surface area contributed by atoms with Gasteiger partial charge in [0, 0.05) is 17.4 Å². The Morgan fingerprint density at radius 1 is 1.06 bits per heavy atom. The molecule has 0 saturated heterocycles. The maximum absolute atomic E-state index is 13.4. The summed E-state index contributed by atoms with van der Waals surface area (Å²) in [7, 11) is 1.53. The molecule has 2 heterocycles. The lowest BCUT2D eigenvalue weighted by atomic mass is 10.0. The number of amides is 2. The van der Waals surface area contributed by atoms with Crippen molar-refractivity contribution in [3.8, 4) is 5.75 Å². The number of carbonyl (C=O) groups is 2. The van der Waals surface area contributed by atoms with Crippen LogP contribution in [0.4, 0.5) is 5.69 Å². The van der Waals surface area contributed by atoms with E-state index in [0.717, 1.165) is 11.1 Å². The number of pyridine rings is 1. The molecule has 1 N–H and O–H groups in total. The van der Waals surface area contributed by atoms with Crippen molar-refractivity contribution in [2.45, 2.75) is 13.5 Å². The van der Waals surface area contributed by atoms with Crippen molar-refractivity contribution in [2.75, 3.05) is 12.4 Å². The van der Waals surface area contributed by atoms with Crippen molar-refractivity contribution in [3.63, 3.8) is 0 Å². The van der Waals surface area contributed by atoms with Crippen LogP contribution in [0, 0.1) is 6.92 Å².